The van der Waals surface area contributed by atoms with Crippen LogP contribution in [-0.2, 0) is 0 Å². The number of benzene rings is 1. The normalized spacial score (nSPS) is 12.7. The molecule has 108 valence electrons. The molecule has 1 aromatic heterocycles. The summed E-state index contributed by atoms with van der Waals surface area (Å²) in [5.74, 6) is 0. The smallest absolute Gasteiger partial charge is 0.0682 e. The summed E-state index contributed by atoms with van der Waals surface area (Å²) < 4.78 is 3.62. The van der Waals surface area contributed by atoms with Gasteiger partial charge >= 0.3 is 0 Å². The van der Waals surface area contributed by atoms with Gasteiger partial charge in [0.15, 0.2) is 0 Å². The molecule has 0 aliphatic rings. The van der Waals surface area contributed by atoms with Crippen molar-refractivity contribution >= 4 is 65.8 Å². The van der Waals surface area contributed by atoms with E-state index in [1.165, 1.54) is 23.4 Å². The fraction of sp³-hybridized carbons (Fsp3) is 0.333. The maximum atomic E-state index is 3.70. The monoisotopic (exact) mass is 527 g/mol. The van der Waals surface area contributed by atoms with Gasteiger partial charge in [-0.1, -0.05) is 22.9 Å². The van der Waals surface area contributed by atoms with Gasteiger partial charge in [-0.15, -0.1) is 11.3 Å². The van der Waals surface area contributed by atoms with Crippen LogP contribution in [0.3, 0.4) is 0 Å². The Morgan fingerprint density at radius 3 is 2.60 bits per heavy atom. The van der Waals surface area contributed by atoms with Gasteiger partial charge in [-0.05, 0) is 88.2 Å². The summed E-state index contributed by atoms with van der Waals surface area (Å²) in [4.78, 5) is 2.68. The van der Waals surface area contributed by atoms with Crippen LogP contribution >= 0.6 is 65.8 Å². The second kappa shape index (κ2) is 7.72. The Morgan fingerprint density at radius 1 is 1.25 bits per heavy atom. The van der Waals surface area contributed by atoms with Crippen LogP contribution in [0, 0.1) is 10.5 Å². The van der Waals surface area contributed by atoms with Gasteiger partial charge in [0.1, 0.15) is 0 Å². The first kappa shape index (κ1) is 16.9. The van der Waals surface area contributed by atoms with Gasteiger partial charge in [0.05, 0.1) is 6.04 Å². The lowest BCUT2D eigenvalue weighted by Gasteiger charge is -2.19. The van der Waals surface area contributed by atoms with E-state index in [0.717, 1.165) is 17.4 Å². The molecule has 0 radical (unpaired) electrons. The number of hydrogen-bond acceptors (Lipinski definition) is 2. The van der Waals surface area contributed by atoms with Crippen molar-refractivity contribution in [3.63, 3.8) is 0 Å². The third-order valence-corrected chi connectivity index (χ3v) is 6.62. The zero-order valence-corrected chi connectivity index (χ0v) is 17.5. The van der Waals surface area contributed by atoms with Crippen LogP contribution < -0.4 is 5.32 Å². The standard InChI is InChI=1S/C15H16Br2INS/c1-3-6-19-15(14-8-13(17)9(2)20-14)11-7-10(18)4-5-12(11)16/h4-5,7-8,15,19H,3,6H2,1-2H3. The lowest BCUT2D eigenvalue weighted by molar-refractivity contribution is 0.604. The summed E-state index contributed by atoms with van der Waals surface area (Å²) in [7, 11) is 0. The van der Waals surface area contributed by atoms with E-state index in [0.29, 0.717) is 0 Å². The van der Waals surface area contributed by atoms with Crippen molar-refractivity contribution in [2.45, 2.75) is 26.3 Å². The first-order valence-corrected chi connectivity index (χ1v) is 9.95. The molecule has 1 aromatic carbocycles. The van der Waals surface area contributed by atoms with Crippen LogP contribution in [-0.4, -0.2) is 6.54 Å². The summed E-state index contributed by atoms with van der Waals surface area (Å²) in [6.45, 7) is 5.36. The maximum Gasteiger partial charge on any atom is 0.0682 e. The fourth-order valence-electron chi connectivity index (χ4n) is 2.01. The number of aryl methyl sites for hydroxylation is 1. The number of thiophene rings is 1. The maximum absolute atomic E-state index is 3.70. The molecule has 1 heterocycles. The van der Waals surface area contributed by atoms with Crippen LogP contribution in [0.1, 0.15) is 34.7 Å². The first-order valence-electron chi connectivity index (χ1n) is 6.47. The third kappa shape index (κ3) is 4.06. The molecule has 5 heteroatoms. The van der Waals surface area contributed by atoms with Crippen molar-refractivity contribution in [3.05, 3.63) is 52.1 Å². The minimum Gasteiger partial charge on any atom is -0.306 e. The van der Waals surface area contributed by atoms with E-state index in [1.807, 2.05) is 11.3 Å². The Balaban J connectivity index is 2.43. The molecule has 0 aliphatic heterocycles. The first-order chi connectivity index (χ1) is 9.52. The molecule has 2 aromatic rings. The van der Waals surface area contributed by atoms with Gasteiger partial charge in [-0.25, -0.2) is 0 Å². The quantitative estimate of drug-likeness (QED) is 0.451. The van der Waals surface area contributed by atoms with Crippen LogP contribution in [0.2, 0.25) is 0 Å². The average molecular weight is 529 g/mol. The van der Waals surface area contributed by atoms with E-state index in [-0.39, 0.29) is 6.04 Å². The van der Waals surface area contributed by atoms with Crippen molar-refractivity contribution in [3.8, 4) is 0 Å². The molecule has 0 amide bonds. The van der Waals surface area contributed by atoms with Crippen LogP contribution in [0.25, 0.3) is 0 Å². The molecule has 0 saturated heterocycles. The molecular formula is C15H16Br2INS. The lowest BCUT2D eigenvalue weighted by Crippen LogP contribution is -2.22. The Kier molecular flexibility index (Phi) is 6.53. The number of rotatable bonds is 5. The minimum atomic E-state index is 0.244. The Labute approximate surface area is 155 Å². The molecule has 0 fully saturated rings. The zero-order valence-electron chi connectivity index (χ0n) is 11.3. The molecule has 1 nitrogen and oxygen atoms in total. The van der Waals surface area contributed by atoms with Gasteiger partial charge < -0.3 is 5.32 Å². The van der Waals surface area contributed by atoms with Crippen molar-refractivity contribution < 1.29 is 0 Å². The van der Waals surface area contributed by atoms with Gasteiger partial charge in [0, 0.05) is 22.3 Å². The SMILES string of the molecule is CCCNC(c1cc(Br)c(C)s1)c1cc(I)ccc1Br. The van der Waals surface area contributed by atoms with Crippen molar-refractivity contribution in [2.24, 2.45) is 0 Å². The summed E-state index contributed by atoms with van der Waals surface area (Å²) >= 11 is 11.5. The summed E-state index contributed by atoms with van der Waals surface area (Å²) in [5, 5.41) is 3.67. The molecule has 1 N–H and O–H groups in total. The van der Waals surface area contributed by atoms with E-state index in [2.05, 4.69) is 97.9 Å². The fourth-order valence-corrected chi connectivity index (χ4v) is 4.66. The predicted molar refractivity (Wildman–Crippen MR) is 104 cm³/mol. The van der Waals surface area contributed by atoms with Crippen LogP contribution in [0.5, 0.6) is 0 Å². The zero-order chi connectivity index (χ0) is 14.7. The Hall–Kier alpha value is 0.570. The Bertz CT molecular complexity index is 578. The number of nitrogens with one attached hydrogen (secondary N) is 1. The van der Waals surface area contributed by atoms with Crippen molar-refractivity contribution in [2.75, 3.05) is 6.54 Å². The highest BCUT2D eigenvalue weighted by Gasteiger charge is 2.19. The molecule has 0 spiro atoms. The Morgan fingerprint density at radius 2 is 2.00 bits per heavy atom. The molecule has 20 heavy (non-hydrogen) atoms. The van der Waals surface area contributed by atoms with E-state index < -0.39 is 0 Å². The number of halogens is 3. The van der Waals surface area contributed by atoms with Gasteiger partial charge in [0.25, 0.3) is 0 Å². The van der Waals surface area contributed by atoms with Crippen LogP contribution in [0.15, 0.2) is 33.2 Å². The van der Waals surface area contributed by atoms with E-state index in [1.54, 1.807) is 0 Å². The molecule has 0 bridgehead atoms. The molecule has 1 atom stereocenters. The highest BCUT2D eigenvalue weighted by atomic mass is 127. The highest BCUT2D eigenvalue weighted by Crippen LogP contribution is 2.36. The predicted octanol–water partition coefficient (Wildman–Crippen LogP) is 6.28. The van der Waals surface area contributed by atoms with Crippen molar-refractivity contribution in [1.82, 2.24) is 5.32 Å². The van der Waals surface area contributed by atoms with E-state index >= 15 is 0 Å². The van der Waals surface area contributed by atoms with Gasteiger partial charge in [-0.3, -0.25) is 0 Å². The molecule has 2 rings (SSSR count). The van der Waals surface area contributed by atoms with Crippen LogP contribution in [0.4, 0.5) is 0 Å². The second-order valence-electron chi connectivity index (χ2n) is 4.61. The van der Waals surface area contributed by atoms with Crippen molar-refractivity contribution in [1.29, 1.82) is 0 Å². The topological polar surface area (TPSA) is 12.0 Å². The molecular weight excluding hydrogens is 513 g/mol. The summed E-state index contributed by atoms with van der Waals surface area (Å²) in [6, 6.07) is 8.99. The lowest BCUT2D eigenvalue weighted by atomic mass is 10.1. The number of hydrogen-bond donors (Lipinski definition) is 1. The summed E-state index contributed by atoms with van der Waals surface area (Å²) in [5.41, 5.74) is 1.30. The average Bonchev–Trinajstić information content (AvgIpc) is 2.74. The highest BCUT2D eigenvalue weighted by molar-refractivity contribution is 14.1. The van der Waals surface area contributed by atoms with E-state index in [4.69, 9.17) is 0 Å². The van der Waals surface area contributed by atoms with E-state index in [9.17, 15) is 0 Å². The largest absolute Gasteiger partial charge is 0.306 e. The van der Waals surface area contributed by atoms with Gasteiger partial charge in [0.2, 0.25) is 0 Å². The second-order valence-corrected chi connectivity index (χ2v) is 8.85. The molecule has 1 unspecified atom stereocenters. The minimum absolute atomic E-state index is 0.244. The third-order valence-electron chi connectivity index (χ3n) is 3.03. The molecule has 0 saturated carbocycles. The summed E-state index contributed by atoms with van der Waals surface area (Å²) in [6.07, 6.45) is 1.13. The molecule has 0 aliphatic carbocycles. The van der Waals surface area contributed by atoms with Gasteiger partial charge in [-0.2, -0.15) is 0 Å².